The largest absolute Gasteiger partial charge is 0.507 e. The van der Waals surface area contributed by atoms with Gasteiger partial charge in [0.25, 0.3) is 0 Å². The van der Waals surface area contributed by atoms with Crippen molar-refractivity contribution >= 4 is 37.7 Å². The second-order valence-electron chi connectivity index (χ2n) is 3.03. The SMILES string of the molecule is Oc1ccccc1-c1ccccc1O.[Li].[Li]. The minimum Gasteiger partial charge on any atom is -0.507 e. The van der Waals surface area contributed by atoms with E-state index in [1.165, 1.54) is 0 Å². The van der Waals surface area contributed by atoms with Crippen molar-refractivity contribution in [2.45, 2.75) is 0 Å². The van der Waals surface area contributed by atoms with Crippen LogP contribution in [0.4, 0.5) is 0 Å². The number of phenols is 2. The van der Waals surface area contributed by atoms with Crippen LogP contribution in [0.15, 0.2) is 48.5 Å². The third-order valence-corrected chi connectivity index (χ3v) is 2.10. The van der Waals surface area contributed by atoms with Crippen LogP contribution >= 0.6 is 0 Å². The average Bonchev–Trinajstić information content (AvgIpc) is 2.20. The Balaban J connectivity index is 0.00000112. The molecule has 2 nitrogen and oxygen atoms in total. The Morgan fingerprint density at radius 2 is 0.875 bits per heavy atom. The molecule has 4 heteroatoms. The summed E-state index contributed by atoms with van der Waals surface area (Å²) in [6.07, 6.45) is 0. The number of rotatable bonds is 1. The maximum absolute atomic E-state index is 9.58. The smallest absolute Gasteiger partial charge is 0.123 e. The Morgan fingerprint density at radius 3 is 1.19 bits per heavy atom. The van der Waals surface area contributed by atoms with Gasteiger partial charge < -0.3 is 10.2 Å². The van der Waals surface area contributed by atoms with Crippen molar-refractivity contribution < 1.29 is 10.2 Å². The molecule has 0 aliphatic carbocycles. The third-order valence-electron chi connectivity index (χ3n) is 2.10. The zero-order valence-corrected chi connectivity index (χ0v) is 9.51. The van der Waals surface area contributed by atoms with E-state index in [9.17, 15) is 10.2 Å². The average molecular weight is 200 g/mol. The van der Waals surface area contributed by atoms with Crippen LogP contribution in [-0.4, -0.2) is 47.9 Å². The summed E-state index contributed by atoms with van der Waals surface area (Å²) in [7, 11) is 0. The fraction of sp³-hybridized carbons (Fsp3) is 0. The number of benzene rings is 2. The number of para-hydroxylation sites is 2. The topological polar surface area (TPSA) is 40.5 Å². The first-order valence-electron chi connectivity index (χ1n) is 4.35. The summed E-state index contributed by atoms with van der Waals surface area (Å²) >= 11 is 0. The predicted molar refractivity (Wildman–Crippen MR) is 66.7 cm³/mol. The van der Waals surface area contributed by atoms with Gasteiger partial charge in [-0.3, -0.25) is 0 Å². The monoisotopic (exact) mass is 200 g/mol. The van der Waals surface area contributed by atoms with E-state index in [1.807, 2.05) is 12.1 Å². The minimum atomic E-state index is 0. The molecule has 2 N–H and O–H groups in total. The van der Waals surface area contributed by atoms with Crippen molar-refractivity contribution in [1.29, 1.82) is 0 Å². The van der Waals surface area contributed by atoms with Crippen LogP contribution in [0, 0.1) is 0 Å². The Hall–Kier alpha value is -0.765. The Morgan fingerprint density at radius 1 is 0.562 bits per heavy atom. The maximum Gasteiger partial charge on any atom is 0.123 e. The number of hydrogen-bond acceptors (Lipinski definition) is 2. The predicted octanol–water partition coefficient (Wildman–Crippen LogP) is 2.00. The molecule has 0 aliphatic heterocycles. The molecule has 0 heterocycles. The first kappa shape index (κ1) is 15.2. The summed E-state index contributed by atoms with van der Waals surface area (Å²) in [5, 5.41) is 19.2. The molecule has 0 fully saturated rings. The van der Waals surface area contributed by atoms with Crippen LogP contribution in [0.5, 0.6) is 11.5 Å². The van der Waals surface area contributed by atoms with Crippen molar-refractivity contribution in [2.75, 3.05) is 0 Å². The molecule has 2 aromatic rings. The van der Waals surface area contributed by atoms with Gasteiger partial charge in [-0.2, -0.15) is 0 Å². The van der Waals surface area contributed by atoms with Crippen molar-refractivity contribution in [1.82, 2.24) is 0 Å². The number of aromatic hydroxyl groups is 2. The minimum absolute atomic E-state index is 0. The van der Waals surface area contributed by atoms with Crippen molar-refractivity contribution in [3.8, 4) is 22.6 Å². The summed E-state index contributed by atoms with van der Waals surface area (Å²) in [4.78, 5) is 0. The summed E-state index contributed by atoms with van der Waals surface area (Å²) in [5.41, 5.74) is 1.29. The fourth-order valence-corrected chi connectivity index (χ4v) is 1.40. The van der Waals surface area contributed by atoms with Crippen molar-refractivity contribution in [3.05, 3.63) is 48.5 Å². The van der Waals surface area contributed by atoms with Crippen LogP contribution in [0.1, 0.15) is 0 Å². The summed E-state index contributed by atoms with van der Waals surface area (Å²) in [5.74, 6) is 0.350. The molecule has 0 saturated carbocycles. The molecular weight excluding hydrogens is 190 g/mol. The van der Waals surface area contributed by atoms with Gasteiger partial charge in [-0.1, -0.05) is 36.4 Å². The molecular formula is C12H10Li2O2. The van der Waals surface area contributed by atoms with Crippen LogP contribution in [0.2, 0.25) is 0 Å². The molecule has 0 saturated heterocycles. The Bertz CT molecular complexity index is 415. The van der Waals surface area contributed by atoms with Gasteiger partial charge in [0.1, 0.15) is 11.5 Å². The van der Waals surface area contributed by atoms with Gasteiger partial charge in [-0.15, -0.1) is 0 Å². The van der Waals surface area contributed by atoms with Gasteiger partial charge in [-0.25, -0.2) is 0 Å². The summed E-state index contributed by atoms with van der Waals surface area (Å²) in [6, 6.07) is 13.9. The van der Waals surface area contributed by atoms with Gasteiger partial charge in [-0.05, 0) is 12.1 Å². The molecule has 0 atom stereocenters. The fourth-order valence-electron chi connectivity index (χ4n) is 1.40. The zero-order chi connectivity index (χ0) is 9.97. The molecule has 72 valence electrons. The molecule has 0 aliphatic rings. The second-order valence-corrected chi connectivity index (χ2v) is 3.03. The first-order chi connectivity index (χ1) is 6.79. The standard InChI is InChI=1S/C12H10O2.2Li/c13-11-7-3-1-5-9(11)10-6-2-4-8-12(10)14;;/h1-8,13-14H;;. The second kappa shape index (κ2) is 6.74. The number of hydrogen-bond donors (Lipinski definition) is 2. The quantitative estimate of drug-likeness (QED) is 0.691. The summed E-state index contributed by atoms with van der Waals surface area (Å²) in [6.45, 7) is 0. The van der Waals surface area contributed by atoms with Gasteiger partial charge in [0, 0.05) is 48.8 Å². The first-order valence-corrected chi connectivity index (χ1v) is 4.35. The van der Waals surface area contributed by atoms with Gasteiger partial charge >= 0.3 is 0 Å². The molecule has 2 radical (unpaired) electrons. The number of phenolic OH excluding ortho intramolecular Hbond substituents is 2. The molecule has 0 bridgehead atoms. The molecule has 0 unspecified atom stereocenters. The van der Waals surface area contributed by atoms with Crippen LogP contribution in [0.25, 0.3) is 11.1 Å². The maximum atomic E-state index is 9.58. The van der Waals surface area contributed by atoms with E-state index in [2.05, 4.69) is 0 Å². The Labute approximate surface area is 119 Å². The van der Waals surface area contributed by atoms with E-state index < -0.39 is 0 Å². The van der Waals surface area contributed by atoms with Crippen LogP contribution < -0.4 is 0 Å². The normalized spacial score (nSPS) is 8.75. The molecule has 0 amide bonds. The van der Waals surface area contributed by atoms with E-state index in [0.29, 0.717) is 11.1 Å². The molecule has 0 spiro atoms. The van der Waals surface area contributed by atoms with Crippen molar-refractivity contribution in [3.63, 3.8) is 0 Å². The molecule has 0 aromatic heterocycles. The van der Waals surface area contributed by atoms with Gasteiger partial charge in [0.15, 0.2) is 0 Å². The van der Waals surface area contributed by atoms with Gasteiger partial charge in [0.05, 0.1) is 0 Å². The van der Waals surface area contributed by atoms with E-state index in [4.69, 9.17) is 0 Å². The van der Waals surface area contributed by atoms with Crippen LogP contribution in [0.3, 0.4) is 0 Å². The van der Waals surface area contributed by atoms with Crippen molar-refractivity contribution in [2.24, 2.45) is 0 Å². The van der Waals surface area contributed by atoms with Gasteiger partial charge in [0.2, 0.25) is 0 Å². The molecule has 16 heavy (non-hydrogen) atoms. The van der Waals surface area contributed by atoms with E-state index in [-0.39, 0.29) is 49.2 Å². The Kier molecular flexibility index (Phi) is 6.42. The summed E-state index contributed by atoms with van der Waals surface area (Å²) < 4.78 is 0. The van der Waals surface area contributed by atoms with E-state index in [0.717, 1.165) is 0 Å². The zero-order valence-electron chi connectivity index (χ0n) is 9.51. The van der Waals surface area contributed by atoms with E-state index >= 15 is 0 Å². The molecule has 2 rings (SSSR count). The van der Waals surface area contributed by atoms with Crippen LogP contribution in [-0.2, 0) is 0 Å². The van der Waals surface area contributed by atoms with E-state index in [1.54, 1.807) is 36.4 Å². The molecule has 2 aromatic carbocycles. The third kappa shape index (κ3) is 3.11.